The smallest absolute Gasteiger partial charge is 0.247 e. The van der Waals surface area contributed by atoms with Crippen LogP contribution in [0.15, 0.2) is 78.0 Å². The Kier molecular flexibility index (Phi) is 8.76. The number of ether oxygens (including phenoxy) is 1. The van der Waals surface area contributed by atoms with Crippen molar-refractivity contribution in [3.8, 4) is 5.75 Å². The minimum Gasteiger partial charge on any atom is -0.487 e. The number of likely N-dealkylation sites (N-methyl/N-ethyl adjacent to an activating group) is 1. The molecule has 0 saturated heterocycles. The van der Waals surface area contributed by atoms with Gasteiger partial charge in [-0.2, -0.15) is 4.31 Å². The molecule has 0 fully saturated rings. The maximum absolute atomic E-state index is 13.7. The number of aliphatic hydroxyl groups is 1. The third kappa shape index (κ3) is 6.64. The van der Waals surface area contributed by atoms with Gasteiger partial charge >= 0.3 is 0 Å². The Morgan fingerprint density at radius 1 is 1.14 bits per heavy atom. The number of nitrogens with zero attached hydrogens (tertiary/aromatic N) is 3. The Morgan fingerprint density at radius 2 is 1.89 bits per heavy atom. The molecule has 4 rings (SSSR count). The lowest BCUT2D eigenvalue weighted by atomic mass is 10.0. The number of rotatable bonds is 8. The highest BCUT2D eigenvalue weighted by Gasteiger charge is 2.38. The summed E-state index contributed by atoms with van der Waals surface area (Å²) in [5.74, 6) is 0.216. The lowest BCUT2D eigenvalue weighted by Gasteiger charge is -2.37. The normalized spacial score (nSPS) is 20.7. The first-order valence-corrected chi connectivity index (χ1v) is 14.0. The summed E-state index contributed by atoms with van der Waals surface area (Å²) >= 11 is 0. The third-order valence-electron chi connectivity index (χ3n) is 6.63. The van der Waals surface area contributed by atoms with E-state index in [1.165, 1.54) is 4.31 Å². The zero-order valence-electron chi connectivity index (χ0n) is 21.6. The zero-order chi connectivity index (χ0) is 26.4. The monoisotopic (exact) mass is 521 g/mol. The molecular formula is C29H35N3O4S. The van der Waals surface area contributed by atoms with Gasteiger partial charge < -0.3 is 9.84 Å². The molecular weight excluding hydrogens is 486 g/mol. The van der Waals surface area contributed by atoms with Crippen LogP contribution in [0.25, 0.3) is 12.2 Å². The van der Waals surface area contributed by atoms with E-state index in [2.05, 4.69) is 9.88 Å². The molecule has 8 heteroatoms. The van der Waals surface area contributed by atoms with Crippen LogP contribution in [-0.2, 0) is 16.6 Å². The van der Waals surface area contributed by atoms with Gasteiger partial charge in [0.25, 0.3) is 0 Å². The number of fused-ring (bicyclic) bond motifs is 1. The van der Waals surface area contributed by atoms with Gasteiger partial charge in [0.05, 0.1) is 6.61 Å². The summed E-state index contributed by atoms with van der Waals surface area (Å²) < 4.78 is 35.3. The minimum absolute atomic E-state index is 0.114. The van der Waals surface area contributed by atoms with Crippen molar-refractivity contribution in [3.05, 3.63) is 89.7 Å². The molecule has 1 aliphatic rings. The number of sulfonamides is 1. The van der Waals surface area contributed by atoms with Crippen LogP contribution in [0.1, 0.15) is 30.5 Å². The largest absolute Gasteiger partial charge is 0.487 e. The van der Waals surface area contributed by atoms with Crippen LogP contribution >= 0.6 is 0 Å². The fourth-order valence-electron chi connectivity index (χ4n) is 4.50. The highest BCUT2D eigenvalue weighted by atomic mass is 32.2. The van der Waals surface area contributed by atoms with Gasteiger partial charge in [-0.05, 0) is 48.9 Å². The van der Waals surface area contributed by atoms with Crippen molar-refractivity contribution >= 4 is 22.2 Å². The topological polar surface area (TPSA) is 83.0 Å². The summed E-state index contributed by atoms with van der Waals surface area (Å²) in [4.78, 5) is 6.48. The molecule has 0 aliphatic carbocycles. The lowest BCUT2D eigenvalue weighted by Crippen LogP contribution is -2.49. The van der Waals surface area contributed by atoms with Gasteiger partial charge in [-0.1, -0.05) is 61.5 Å². The zero-order valence-corrected chi connectivity index (χ0v) is 22.4. The molecule has 0 amide bonds. The van der Waals surface area contributed by atoms with Gasteiger partial charge in [0.1, 0.15) is 16.7 Å². The molecule has 1 aliphatic heterocycles. The van der Waals surface area contributed by atoms with Crippen molar-refractivity contribution in [2.24, 2.45) is 5.92 Å². The van der Waals surface area contributed by atoms with Gasteiger partial charge in [0.2, 0.25) is 10.0 Å². The first-order chi connectivity index (χ1) is 17.8. The quantitative estimate of drug-likeness (QED) is 0.449. The van der Waals surface area contributed by atoms with E-state index in [0.29, 0.717) is 18.8 Å². The molecule has 0 spiro atoms. The molecule has 0 saturated carbocycles. The number of hydrogen-bond donors (Lipinski definition) is 1. The third-order valence-corrected chi connectivity index (χ3v) is 8.65. The van der Waals surface area contributed by atoms with E-state index in [1.807, 2.05) is 74.8 Å². The summed E-state index contributed by atoms with van der Waals surface area (Å²) in [7, 11) is -1.85. The molecule has 3 aromatic rings. The van der Waals surface area contributed by atoms with Crippen LogP contribution in [0.2, 0.25) is 0 Å². The van der Waals surface area contributed by atoms with Crippen molar-refractivity contribution < 1.29 is 18.3 Å². The average Bonchev–Trinajstić information content (AvgIpc) is 2.90. The summed E-state index contributed by atoms with van der Waals surface area (Å²) in [6.45, 7) is 5.02. The fraction of sp³-hybridized carbons (Fsp3) is 0.345. The second-order valence-corrected chi connectivity index (χ2v) is 11.6. The number of pyridine rings is 1. The van der Waals surface area contributed by atoms with Crippen molar-refractivity contribution in [1.29, 1.82) is 0 Å². The van der Waals surface area contributed by atoms with Crippen molar-refractivity contribution in [3.63, 3.8) is 0 Å². The number of aromatic nitrogens is 1. The Morgan fingerprint density at radius 3 is 2.59 bits per heavy atom. The Labute approximate surface area is 220 Å². The molecule has 1 N–H and O–H groups in total. The first kappa shape index (κ1) is 27.0. The molecule has 7 nitrogen and oxygen atoms in total. The highest BCUT2D eigenvalue weighted by molar-refractivity contribution is 7.89. The number of hydrogen-bond acceptors (Lipinski definition) is 6. The lowest BCUT2D eigenvalue weighted by molar-refractivity contribution is 0.0733. The summed E-state index contributed by atoms with van der Waals surface area (Å²) in [6.07, 6.45) is 7.27. The number of benzene rings is 2. The van der Waals surface area contributed by atoms with Crippen LogP contribution in [0.5, 0.6) is 5.75 Å². The van der Waals surface area contributed by atoms with E-state index in [0.717, 1.165) is 16.7 Å². The summed E-state index contributed by atoms with van der Waals surface area (Å²) in [5, 5.41) is 9.85. The first-order valence-electron chi connectivity index (χ1n) is 12.5. The van der Waals surface area contributed by atoms with Crippen molar-refractivity contribution in [2.45, 2.75) is 37.4 Å². The minimum atomic E-state index is -3.87. The molecule has 37 heavy (non-hydrogen) atoms. The van der Waals surface area contributed by atoms with Crippen LogP contribution < -0.4 is 4.74 Å². The van der Waals surface area contributed by atoms with E-state index in [4.69, 9.17) is 4.74 Å². The van der Waals surface area contributed by atoms with Crippen LogP contribution in [-0.4, -0.2) is 66.6 Å². The molecule has 196 valence electrons. The molecule has 3 atom stereocenters. The second kappa shape index (κ2) is 12.0. The van der Waals surface area contributed by atoms with Crippen LogP contribution in [0.3, 0.4) is 0 Å². The van der Waals surface area contributed by atoms with E-state index >= 15 is 0 Å². The Bertz CT molecular complexity index is 1300. The molecule has 0 radical (unpaired) electrons. The number of aliphatic hydroxyl groups excluding tert-OH is 1. The molecule has 2 aromatic carbocycles. The Hall–Kier alpha value is -3.04. The maximum atomic E-state index is 13.7. The average molecular weight is 522 g/mol. The van der Waals surface area contributed by atoms with Gasteiger partial charge in [0, 0.05) is 44.0 Å². The molecule has 2 heterocycles. The van der Waals surface area contributed by atoms with E-state index < -0.39 is 16.1 Å². The maximum Gasteiger partial charge on any atom is 0.247 e. The van der Waals surface area contributed by atoms with Gasteiger partial charge in [-0.25, -0.2) is 8.42 Å². The SMILES string of the molecule is C[C@H](CO)N1C[C@H](C)[C@@H](CN(C)Cc2cccnc2)Oc2cc(/C=C/c3ccccc3)ccc2S1(=O)=O. The Balaban J connectivity index is 1.68. The molecule has 1 aromatic heterocycles. The van der Waals surface area contributed by atoms with E-state index in [9.17, 15) is 13.5 Å². The fourth-order valence-corrected chi connectivity index (χ4v) is 6.32. The molecule has 0 unspecified atom stereocenters. The second-order valence-electron chi connectivity index (χ2n) is 9.75. The summed E-state index contributed by atoms with van der Waals surface area (Å²) in [5.41, 5.74) is 2.99. The molecule has 0 bridgehead atoms. The standard InChI is InChI=1S/C29H35N3O4S/c1-22-18-32(23(2)21-33)37(34,35)29-14-13-25(12-11-24-8-5-4-6-9-24)16-27(29)36-28(22)20-31(3)19-26-10-7-15-30-17-26/h4-17,22-23,28,33H,18-21H2,1-3H3/b12-11+/t22-,23+,28+/m0/s1. The van der Waals surface area contributed by atoms with Gasteiger partial charge in [-0.3, -0.25) is 9.88 Å². The van der Waals surface area contributed by atoms with Crippen LogP contribution in [0, 0.1) is 5.92 Å². The van der Waals surface area contributed by atoms with E-state index in [1.54, 1.807) is 31.3 Å². The predicted molar refractivity (Wildman–Crippen MR) is 146 cm³/mol. The highest BCUT2D eigenvalue weighted by Crippen LogP contribution is 2.34. The van der Waals surface area contributed by atoms with Gasteiger partial charge in [-0.15, -0.1) is 0 Å². The van der Waals surface area contributed by atoms with Crippen molar-refractivity contribution in [2.75, 3.05) is 26.7 Å². The van der Waals surface area contributed by atoms with E-state index in [-0.39, 0.29) is 30.1 Å². The van der Waals surface area contributed by atoms with Crippen LogP contribution in [0.4, 0.5) is 0 Å². The van der Waals surface area contributed by atoms with Crippen molar-refractivity contribution in [1.82, 2.24) is 14.2 Å². The summed E-state index contributed by atoms with van der Waals surface area (Å²) in [6, 6.07) is 18.5. The predicted octanol–water partition coefficient (Wildman–Crippen LogP) is 4.15. The van der Waals surface area contributed by atoms with Gasteiger partial charge in [0.15, 0.2) is 0 Å².